The Balaban J connectivity index is 1.93. The van der Waals surface area contributed by atoms with Crippen molar-refractivity contribution in [1.82, 2.24) is 0 Å². The van der Waals surface area contributed by atoms with E-state index < -0.39 is 10.8 Å². The zero-order valence-corrected chi connectivity index (χ0v) is 18.3. The highest BCUT2D eigenvalue weighted by molar-refractivity contribution is 6.31. The smallest absolute Gasteiger partial charge is 0.294 e. The Morgan fingerprint density at radius 3 is 2.59 bits per heavy atom. The van der Waals surface area contributed by atoms with Crippen LogP contribution in [0.15, 0.2) is 47.7 Å². The summed E-state index contributed by atoms with van der Waals surface area (Å²) in [5.74, 6) is 0.0227. The molecule has 2 aliphatic rings. The Kier molecular flexibility index (Phi) is 5.88. The van der Waals surface area contributed by atoms with Gasteiger partial charge < -0.3 is 9.47 Å². The number of halogens is 1. The van der Waals surface area contributed by atoms with Crippen LogP contribution >= 0.6 is 11.6 Å². The van der Waals surface area contributed by atoms with E-state index in [2.05, 4.69) is 0 Å². The molecule has 9 heteroatoms. The number of amides is 1. The minimum absolute atomic E-state index is 0.0338. The van der Waals surface area contributed by atoms with E-state index >= 15 is 0 Å². The number of rotatable bonds is 5. The number of para-hydroxylation sites is 1. The van der Waals surface area contributed by atoms with Crippen molar-refractivity contribution >= 4 is 34.7 Å². The van der Waals surface area contributed by atoms with Crippen molar-refractivity contribution < 1.29 is 24.0 Å². The van der Waals surface area contributed by atoms with Gasteiger partial charge in [-0.2, -0.15) is 0 Å². The van der Waals surface area contributed by atoms with E-state index in [4.69, 9.17) is 21.1 Å². The van der Waals surface area contributed by atoms with Crippen LogP contribution in [0.2, 0.25) is 5.02 Å². The summed E-state index contributed by atoms with van der Waals surface area (Å²) >= 11 is 5.96. The number of ether oxygens (including phenoxy) is 2. The molecule has 1 unspecified atom stereocenters. The lowest BCUT2D eigenvalue weighted by atomic mass is 9.76. The highest BCUT2D eigenvalue weighted by Gasteiger charge is 2.42. The molecule has 1 aliphatic heterocycles. The van der Waals surface area contributed by atoms with Gasteiger partial charge in [-0.25, -0.2) is 0 Å². The number of Topliss-reactive ketones (excluding diaryl/α,β-unsaturated/α-hetero) is 1. The summed E-state index contributed by atoms with van der Waals surface area (Å²) < 4.78 is 11.0. The largest absolute Gasteiger partial charge is 0.493 e. The summed E-state index contributed by atoms with van der Waals surface area (Å²) in [7, 11) is 3.03. The molecular weight excluding hydrogens is 436 g/mol. The number of nitro groups is 1. The second kappa shape index (κ2) is 8.63. The van der Waals surface area contributed by atoms with Crippen LogP contribution < -0.4 is 14.4 Å². The highest BCUT2D eigenvalue weighted by atomic mass is 35.5. The van der Waals surface area contributed by atoms with Gasteiger partial charge in [0.25, 0.3) is 5.69 Å². The summed E-state index contributed by atoms with van der Waals surface area (Å²) in [4.78, 5) is 38.9. The van der Waals surface area contributed by atoms with E-state index in [0.717, 1.165) is 0 Å². The molecule has 8 nitrogen and oxygen atoms in total. The van der Waals surface area contributed by atoms with Crippen LogP contribution in [0.25, 0.3) is 0 Å². The first-order valence-electron chi connectivity index (χ1n) is 10.1. The number of anilines is 1. The van der Waals surface area contributed by atoms with Crippen LogP contribution in [-0.2, 0) is 9.59 Å². The third kappa shape index (κ3) is 3.60. The van der Waals surface area contributed by atoms with Gasteiger partial charge in [0.05, 0.1) is 19.1 Å². The summed E-state index contributed by atoms with van der Waals surface area (Å²) in [6.07, 6.45) is 1.33. The molecule has 0 aromatic heterocycles. The molecule has 1 amide bonds. The van der Waals surface area contributed by atoms with Crippen LogP contribution in [-0.4, -0.2) is 30.8 Å². The van der Waals surface area contributed by atoms with Crippen molar-refractivity contribution in [3.8, 4) is 11.5 Å². The lowest BCUT2D eigenvalue weighted by Crippen LogP contribution is -2.41. The molecule has 1 aliphatic carbocycles. The molecule has 0 fully saturated rings. The first kappa shape index (κ1) is 21.8. The minimum Gasteiger partial charge on any atom is -0.493 e. The molecule has 32 heavy (non-hydrogen) atoms. The number of hydrogen-bond acceptors (Lipinski definition) is 6. The van der Waals surface area contributed by atoms with Crippen molar-refractivity contribution in [2.24, 2.45) is 0 Å². The second-order valence-corrected chi connectivity index (χ2v) is 8.03. The number of methoxy groups -OCH3 is 2. The fourth-order valence-corrected chi connectivity index (χ4v) is 4.72. The number of nitrogens with zero attached hydrogens (tertiary/aromatic N) is 2. The van der Waals surface area contributed by atoms with Gasteiger partial charge in [0, 0.05) is 46.7 Å². The molecule has 0 radical (unpaired) electrons. The summed E-state index contributed by atoms with van der Waals surface area (Å²) in [5.41, 5.74) is 1.49. The van der Waals surface area contributed by atoms with Crippen molar-refractivity contribution in [3.63, 3.8) is 0 Å². The molecule has 166 valence electrons. The van der Waals surface area contributed by atoms with Gasteiger partial charge in [-0.15, -0.1) is 0 Å². The number of carbonyl (C=O) groups excluding carboxylic acids is 2. The zero-order valence-electron chi connectivity index (χ0n) is 17.6. The van der Waals surface area contributed by atoms with Crippen molar-refractivity contribution in [3.05, 3.63) is 68.4 Å². The maximum absolute atomic E-state index is 13.4. The zero-order chi connectivity index (χ0) is 23.0. The third-order valence-electron chi connectivity index (χ3n) is 5.86. The number of ketones is 1. The number of hydrogen-bond donors (Lipinski definition) is 0. The topological polar surface area (TPSA) is 99.0 Å². The van der Waals surface area contributed by atoms with Crippen molar-refractivity contribution in [1.29, 1.82) is 0 Å². The van der Waals surface area contributed by atoms with Crippen LogP contribution in [0.4, 0.5) is 11.4 Å². The molecule has 0 saturated carbocycles. The molecule has 2 aromatic rings. The molecule has 1 atom stereocenters. The quantitative estimate of drug-likeness (QED) is 0.473. The highest BCUT2D eigenvalue weighted by Crippen LogP contribution is 2.48. The molecule has 0 N–H and O–H groups in total. The molecule has 1 heterocycles. The number of benzene rings is 2. The van der Waals surface area contributed by atoms with Crippen LogP contribution in [0.1, 0.15) is 37.2 Å². The van der Waals surface area contributed by atoms with Crippen molar-refractivity contribution in [2.75, 3.05) is 19.1 Å². The molecule has 0 saturated heterocycles. The number of carbonyl (C=O) groups is 2. The molecular formula is C23H21ClN2O6. The Hall–Kier alpha value is -3.39. The van der Waals surface area contributed by atoms with Crippen molar-refractivity contribution in [2.45, 2.75) is 31.6 Å². The van der Waals surface area contributed by atoms with Gasteiger partial charge in [0.2, 0.25) is 5.91 Å². The van der Waals surface area contributed by atoms with Gasteiger partial charge in [-0.1, -0.05) is 23.7 Å². The monoisotopic (exact) mass is 456 g/mol. The first-order chi connectivity index (χ1) is 15.4. The predicted octanol–water partition coefficient (Wildman–Crippen LogP) is 4.79. The third-order valence-corrected chi connectivity index (χ3v) is 6.09. The first-order valence-corrected chi connectivity index (χ1v) is 10.5. The normalized spacial score (nSPS) is 18.5. The van der Waals surface area contributed by atoms with Crippen LogP contribution in [0, 0.1) is 10.1 Å². The molecule has 2 aromatic carbocycles. The van der Waals surface area contributed by atoms with E-state index in [1.807, 2.05) is 6.07 Å². The van der Waals surface area contributed by atoms with E-state index in [1.165, 1.54) is 37.3 Å². The minimum atomic E-state index is -0.573. The maximum Gasteiger partial charge on any atom is 0.294 e. The Bertz CT molecular complexity index is 1160. The van der Waals surface area contributed by atoms with E-state index in [0.29, 0.717) is 47.6 Å². The average Bonchev–Trinajstić information content (AvgIpc) is 2.78. The Morgan fingerprint density at radius 2 is 1.91 bits per heavy atom. The standard InChI is InChI=1S/C23H21ClN2O6/c1-31-20-8-3-5-14(23(20)32-2)15-12-21(28)25(17-6-4-7-19(27)22(15)17)16-10-9-13(24)11-18(16)26(29)30/h3,5,8-11,15H,4,6-7,12H2,1-2H3. The van der Waals surface area contributed by atoms with Gasteiger partial charge >= 0.3 is 0 Å². The van der Waals surface area contributed by atoms with E-state index in [1.54, 1.807) is 12.1 Å². The van der Waals surface area contributed by atoms with Gasteiger partial charge in [0.1, 0.15) is 5.69 Å². The number of allylic oxidation sites excluding steroid dienone is 2. The molecule has 4 rings (SSSR count). The summed E-state index contributed by atoms with van der Waals surface area (Å²) in [5, 5.41) is 11.9. The molecule has 0 bridgehead atoms. The van der Waals surface area contributed by atoms with E-state index in [9.17, 15) is 19.7 Å². The predicted molar refractivity (Wildman–Crippen MR) is 118 cm³/mol. The summed E-state index contributed by atoms with van der Waals surface area (Å²) in [6.45, 7) is 0. The SMILES string of the molecule is COc1cccc(C2CC(=O)N(c3ccc(Cl)cc3[N+](=O)[O-])C3=C2C(=O)CCC3)c1OC. The fraction of sp³-hybridized carbons (Fsp3) is 0.304. The lowest BCUT2D eigenvalue weighted by Gasteiger charge is -2.38. The second-order valence-electron chi connectivity index (χ2n) is 7.60. The van der Waals surface area contributed by atoms with Crippen LogP contribution in [0.5, 0.6) is 11.5 Å². The Morgan fingerprint density at radius 1 is 1.12 bits per heavy atom. The summed E-state index contributed by atoms with van der Waals surface area (Å²) in [6, 6.07) is 9.51. The molecule has 0 spiro atoms. The van der Waals surface area contributed by atoms with Crippen LogP contribution in [0.3, 0.4) is 0 Å². The maximum atomic E-state index is 13.4. The van der Waals surface area contributed by atoms with E-state index in [-0.39, 0.29) is 34.5 Å². The van der Waals surface area contributed by atoms with Gasteiger partial charge in [-0.3, -0.25) is 24.6 Å². The number of nitro benzene ring substituents is 1. The van der Waals surface area contributed by atoms with Gasteiger partial charge in [0.15, 0.2) is 17.3 Å². The fourth-order valence-electron chi connectivity index (χ4n) is 4.56. The average molecular weight is 457 g/mol. The lowest BCUT2D eigenvalue weighted by molar-refractivity contribution is -0.384. The van der Waals surface area contributed by atoms with Gasteiger partial charge in [-0.05, 0) is 31.0 Å². The Labute approximate surface area is 189 Å².